The molecule has 1 saturated heterocycles. The number of aryl methyl sites for hydroxylation is 2. The van der Waals surface area contributed by atoms with Crippen molar-refractivity contribution in [2.45, 2.75) is 31.4 Å². The molecule has 0 amide bonds. The first-order valence-electron chi connectivity index (χ1n) is 7.90. The second-order valence-electron chi connectivity index (χ2n) is 5.80. The maximum absolute atomic E-state index is 12.9. The predicted octanol–water partition coefficient (Wildman–Crippen LogP) is 2.49. The number of benzene rings is 1. The summed E-state index contributed by atoms with van der Waals surface area (Å²) in [6.45, 7) is 5.53. The van der Waals surface area contributed by atoms with Crippen molar-refractivity contribution in [3.8, 4) is 0 Å². The zero-order chi connectivity index (χ0) is 16.4. The summed E-state index contributed by atoms with van der Waals surface area (Å²) < 4.78 is 32.7. The minimum Gasteiger partial charge on any atom is -0.449 e. The second-order valence-corrected chi connectivity index (χ2v) is 7.62. The molecule has 1 aliphatic rings. The molecule has 1 aromatic carbocycles. The van der Waals surface area contributed by atoms with Gasteiger partial charge >= 0.3 is 0 Å². The molecule has 1 fully saturated rings. The quantitative estimate of drug-likeness (QED) is 0.933. The Hall–Kier alpha value is -1.63. The molecule has 2 heterocycles. The van der Waals surface area contributed by atoms with Gasteiger partial charge in [0.05, 0.1) is 6.04 Å². The first-order chi connectivity index (χ1) is 11.0. The van der Waals surface area contributed by atoms with Crippen LogP contribution in [0.1, 0.15) is 29.9 Å². The first kappa shape index (κ1) is 16.2. The smallest absolute Gasteiger partial charge is 0.277 e. The van der Waals surface area contributed by atoms with E-state index in [1.807, 2.05) is 12.1 Å². The van der Waals surface area contributed by atoms with Crippen LogP contribution in [0, 0.1) is 6.92 Å². The van der Waals surface area contributed by atoms with Crippen LogP contribution in [0.5, 0.6) is 0 Å². The van der Waals surface area contributed by atoms with Crippen LogP contribution >= 0.6 is 0 Å². The molecule has 124 valence electrons. The van der Waals surface area contributed by atoms with Crippen LogP contribution in [0.2, 0.25) is 0 Å². The van der Waals surface area contributed by atoms with Gasteiger partial charge in [0, 0.05) is 19.6 Å². The zero-order valence-corrected chi connectivity index (χ0v) is 14.3. The standard InChI is InChI=1S/C17H22N2O3S/c1-3-14-5-7-15(8-6-14)16-12-18-10-11-19(16)23(20,21)17-9-4-13(2)22-17/h4-9,16,18H,3,10-12H2,1-2H3. The summed E-state index contributed by atoms with van der Waals surface area (Å²) in [5, 5.41) is 3.30. The van der Waals surface area contributed by atoms with Crippen LogP contribution in [0.4, 0.5) is 0 Å². The van der Waals surface area contributed by atoms with E-state index < -0.39 is 10.0 Å². The zero-order valence-electron chi connectivity index (χ0n) is 13.5. The summed E-state index contributed by atoms with van der Waals surface area (Å²) in [4.78, 5) is 0. The van der Waals surface area contributed by atoms with Gasteiger partial charge < -0.3 is 9.73 Å². The highest BCUT2D eigenvalue weighted by Gasteiger charge is 2.36. The van der Waals surface area contributed by atoms with Crippen molar-refractivity contribution >= 4 is 10.0 Å². The van der Waals surface area contributed by atoms with Gasteiger partial charge in [0.25, 0.3) is 10.0 Å². The van der Waals surface area contributed by atoms with Crippen molar-refractivity contribution in [2.24, 2.45) is 0 Å². The molecule has 1 aliphatic heterocycles. The second kappa shape index (κ2) is 6.47. The topological polar surface area (TPSA) is 62.6 Å². The highest BCUT2D eigenvalue weighted by Crippen LogP contribution is 2.29. The molecule has 3 rings (SSSR count). The molecule has 0 spiro atoms. The molecular weight excluding hydrogens is 312 g/mol. The van der Waals surface area contributed by atoms with E-state index in [1.165, 1.54) is 11.6 Å². The van der Waals surface area contributed by atoms with Crippen LogP contribution in [-0.2, 0) is 16.4 Å². The number of hydrogen-bond donors (Lipinski definition) is 1. The molecule has 0 bridgehead atoms. The van der Waals surface area contributed by atoms with Crippen LogP contribution in [0.25, 0.3) is 0 Å². The molecule has 0 aliphatic carbocycles. The Morgan fingerprint density at radius 3 is 2.57 bits per heavy atom. The fourth-order valence-corrected chi connectivity index (χ4v) is 4.47. The summed E-state index contributed by atoms with van der Waals surface area (Å²) in [5.74, 6) is 0.600. The average Bonchev–Trinajstić information content (AvgIpc) is 3.02. The van der Waals surface area contributed by atoms with Crippen LogP contribution < -0.4 is 5.32 Å². The molecule has 1 unspecified atom stereocenters. The minimum absolute atomic E-state index is 0.0204. The monoisotopic (exact) mass is 334 g/mol. The maximum atomic E-state index is 12.9. The molecule has 1 atom stereocenters. The Bertz CT molecular complexity index is 765. The molecule has 2 aromatic rings. The lowest BCUT2D eigenvalue weighted by Gasteiger charge is -2.34. The third-order valence-corrected chi connectivity index (χ3v) is 6.03. The lowest BCUT2D eigenvalue weighted by Crippen LogP contribution is -2.48. The third-order valence-electron chi connectivity index (χ3n) is 4.25. The van der Waals surface area contributed by atoms with E-state index in [0.29, 0.717) is 25.4 Å². The van der Waals surface area contributed by atoms with Gasteiger partial charge in [-0.2, -0.15) is 4.31 Å². The van der Waals surface area contributed by atoms with E-state index in [9.17, 15) is 8.42 Å². The van der Waals surface area contributed by atoms with Gasteiger partial charge in [-0.3, -0.25) is 0 Å². The summed E-state index contributed by atoms with van der Waals surface area (Å²) in [6, 6.07) is 11.2. The van der Waals surface area contributed by atoms with Gasteiger partial charge in [-0.1, -0.05) is 31.2 Å². The van der Waals surface area contributed by atoms with E-state index in [2.05, 4.69) is 24.4 Å². The lowest BCUT2D eigenvalue weighted by molar-refractivity contribution is 0.263. The predicted molar refractivity (Wildman–Crippen MR) is 88.8 cm³/mol. The molecule has 5 nitrogen and oxygen atoms in total. The number of nitrogens with zero attached hydrogens (tertiary/aromatic N) is 1. The van der Waals surface area contributed by atoms with Gasteiger partial charge in [0.1, 0.15) is 5.76 Å². The highest BCUT2D eigenvalue weighted by atomic mass is 32.2. The van der Waals surface area contributed by atoms with Crippen molar-refractivity contribution in [1.29, 1.82) is 0 Å². The number of sulfonamides is 1. The number of nitrogens with one attached hydrogen (secondary N) is 1. The Balaban J connectivity index is 1.94. The van der Waals surface area contributed by atoms with Gasteiger partial charge in [-0.15, -0.1) is 0 Å². The summed E-state index contributed by atoms with van der Waals surface area (Å²) in [6.07, 6.45) is 0.969. The number of rotatable bonds is 4. The fourth-order valence-electron chi connectivity index (χ4n) is 2.90. The number of hydrogen-bond acceptors (Lipinski definition) is 4. The number of furan rings is 1. The van der Waals surface area contributed by atoms with E-state index >= 15 is 0 Å². The first-order valence-corrected chi connectivity index (χ1v) is 9.34. The highest BCUT2D eigenvalue weighted by molar-refractivity contribution is 7.89. The van der Waals surface area contributed by atoms with Crippen LogP contribution in [0.15, 0.2) is 45.9 Å². The molecular formula is C17H22N2O3S. The van der Waals surface area contributed by atoms with E-state index in [0.717, 1.165) is 12.0 Å². The van der Waals surface area contributed by atoms with Crippen molar-refractivity contribution in [3.05, 3.63) is 53.3 Å². The number of piperazine rings is 1. The van der Waals surface area contributed by atoms with E-state index in [4.69, 9.17) is 4.42 Å². The SMILES string of the molecule is CCc1ccc(C2CNCCN2S(=O)(=O)c2ccc(C)o2)cc1. The minimum atomic E-state index is -3.63. The van der Waals surface area contributed by atoms with E-state index in [-0.39, 0.29) is 11.1 Å². The normalized spacial score (nSPS) is 19.8. The maximum Gasteiger partial charge on any atom is 0.277 e. The summed E-state index contributed by atoms with van der Waals surface area (Å²) in [5.41, 5.74) is 2.25. The van der Waals surface area contributed by atoms with Crippen molar-refractivity contribution in [3.63, 3.8) is 0 Å². The van der Waals surface area contributed by atoms with Crippen LogP contribution in [-0.4, -0.2) is 32.4 Å². The molecule has 6 heteroatoms. The van der Waals surface area contributed by atoms with Crippen molar-refractivity contribution in [1.82, 2.24) is 9.62 Å². The van der Waals surface area contributed by atoms with Gasteiger partial charge in [-0.25, -0.2) is 8.42 Å². The summed E-state index contributed by atoms with van der Waals surface area (Å²) in [7, 11) is -3.63. The molecule has 0 radical (unpaired) electrons. The Kier molecular flexibility index (Phi) is 4.57. The van der Waals surface area contributed by atoms with Crippen molar-refractivity contribution in [2.75, 3.05) is 19.6 Å². The lowest BCUT2D eigenvalue weighted by atomic mass is 10.0. The largest absolute Gasteiger partial charge is 0.449 e. The molecule has 1 N–H and O–H groups in total. The summed E-state index contributed by atoms with van der Waals surface area (Å²) >= 11 is 0. The van der Waals surface area contributed by atoms with Gasteiger partial charge in [-0.05, 0) is 36.6 Å². The Morgan fingerprint density at radius 2 is 1.96 bits per heavy atom. The average molecular weight is 334 g/mol. The Morgan fingerprint density at radius 1 is 1.22 bits per heavy atom. The van der Waals surface area contributed by atoms with Crippen molar-refractivity contribution < 1.29 is 12.8 Å². The fraction of sp³-hybridized carbons (Fsp3) is 0.412. The van der Waals surface area contributed by atoms with Gasteiger partial charge in [0.15, 0.2) is 0 Å². The van der Waals surface area contributed by atoms with Gasteiger partial charge in [0.2, 0.25) is 5.09 Å². The molecule has 23 heavy (non-hydrogen) atoms. The Labute approximate surface area is 137 Å². The van der Waals surface area contributed by atoms with Crippen LogP contribution in [0.3, 0.4) is 0 Å². The molecule has 1 aromatic heterocycles. The molecule has 0 saturated carbocycles. The third kappa shape index (κ3) is 3.20. The van der Waals surface area contributed by atoms with E-state index in [1.54, 1.807) is 17.3 Å².